The highest BCUT2D eigenvalue weighted by molar-refractivity contribution is 5.47. The molecule has 1 heterocycles. The SMILES string of the molecule is Oc1c(F)ccc2c1OCCC2. The molecule has 12 heavy (non-hydrogen) atoms. The second-order valence-electron chi connectivity index (χ2n) is 2.84. The van der Waals surface area contributed by atoms with E-state index in [0.29, 0.717) is 12.4 Å². The van der Waals surface area contributed by atoms with Gasteiger partial charge in [0.1, 0.15) is 0 Å². The number of ether oxygens (including phenoxy) is 1. The predicted octanol–water partition coefficient (Wildman–Crippen LogP) is 1.86. The molecule has 0 radical (unpaired) electrons. The van der Waals surface area contributed by atoms with Gasteiger partial charge in [-0.2, -0.15) is 0 Å². The van der Waals surface area contributed by atoms with Gasteiger partial charge in [-0.1, -0.05) is 6.07 Å². The van der Waals surface area contributed by atoms with Crippen molar-refractivity contribution in [2.45, 2.75) is 12.8 Å². The zero-order valence-electron chi connectivity index (χ0n) is 6.51. The van der Waals surface area contributed by atoms with Crippen LogP contribution in [0.15, 0.2) is 12.1 Å². The van der Waals surface area contributed by atoms with Crippen LogP contribution in [0.5, 0.6) is 11.5 Å². The van der Waals surface area contributed by atoms with E-state index >= 15 is 0 Å². The number of aryl methyl sites for hydroxylation is 1. The fraction of sp³-hybridized carbons (Fsp3) is 0.333. The van der Waals surface area contributed by atoms with Crippen LogP contribution in [-0.2, 0) is 6.42 Å². The third-order valence-electron chi connectivity index (χ3n) is 2.00. The summed E-state index contributed by atoms with van der Waals surface area (Å²) < 4.78 is 17.9. The quantitative estimate of drug-likeness (QED) is 0.640. The zero-order valence-corrected chi connectivity index (χ0v) is 6.51. The minimum Gasteiger partial charge on any atom is -0.502 e. The first-order valence-electron chi connectivity index (χ1n) is 3.92. The molecule has 0 saturated carbocycles. The number of rotatable bonds is 0. The molecule has 1 aliphatic rings. The highest BCUT2D eigenvalue weighted by Gasteiger charge is 2.16. The van der Waals surface area contributed by atoms with Gasteiger partial charge in [0.05, 0.1) is 6.61 Å². The van der Waals surface area contributed by atoms with Gasteiger partial charge in [-0.15, -0.1) is 0 Å². The van der Waals surface area contributed by atoms with Crippen molar-refractivity contribution >= 4 is 0 Å². The number of hydrogen-bond donors (Lipinski definition) is 1. The van der Waals surface area contributed by atoms with Crippen molar-refractivity contribution in [1.29, 1.82) is 0 Å². The number of halogens is 1. The first-order chi connectivity index (χ1) is 5.79. The summed E-state index contributed by atoms with van der Waals surface area (Å²) in [6, 6.07) is 2.92. The minimum atomic E-state index is -0.615. The smallest absolute Gasteiger partial charge is 0.194 e. The van der Waals surface area contributed by atoms with Crippen LogP contribution >= 0.6 is 0 Å². The van der Waals surface area contributed by atoms with Gasteiger partial charge < -0.3 is 9.84 Å². The molecule has 1 N–H and O–H groups in total. The van der Waals surface area contributed by atoms with Crippen molar-refractivity contribution in [1.82, 2.24) is 0 Å². The molecule has 0 amide bonds. The summed E-state index contributed by atoms with van der Waals surface area (Å²) in [7, 11) is 0. The maximum atomic E-state index is 12.8. The fourth-order valence-electron chi connectivity index (χ4n) is 1.38. The van der Waals surface area contributed by atoms with Crippen molar-refractivity contribution in [2.75, 3.05) is 6.61 Å². The monoisotopic (exact) mass is 168 g/mol. The second-order valence-corrected chi connectivity index (χ2v) is 2.84. The molecule has 2 nitrogen and oxygen atoms in total. The lowest BCUT2D eigenvalue weighted by Crippen LogP contribution is -2.08. The zero-order chi connectivity index (χ0) is 8.55. The van der Waals surface area contributed by atoms with Crippen LogP contribution in [0.1, 0.15) is 12.0 Å². The molecular weight excluding hydrogens is 159 g/mol. The van der Waals surface area contributed by atoms with Gasteiger partial charge in [0, 0.05) is 0 Å². The number of phenolic OH excluding ortho intramolecular Hbond substituents is 1. The molecule has 64 valence electrons. The lowest BCUT2D eigenvalue weighted by atomic mass is 10.1. The van der Waals surface area contributed by atoms with Gasteiger partial charge in [-0.3, -0.25) is 0 Å². The summed E-state index contributed by atoms with van der Waals surface area (Å²) in [5.74, 6) is -0.649. The van der Waals surface area contributed by atoms with Gasteiger partial charge >= 0.3 is 0 Å². The van der Waals surface area contributed by atoms with Gasteiger partial charge in [-0.25, -0.2) is 4.39 Å². The third kappa shape index (κ3) is 1.02. The molecule has 0 bridgehead atoms. The molecular formula is C9H9FO2. The lowest BCUT2D eigenvalue weighted by Gasteiger charge is -2.17. The maximum Gasteiger partial charge on any atom is 0.194 e. The Hall–Kier alpha value is -1.25. The van der Waals surface area contributed by atoms with Crippen molar-refractivity contribution < 1.29 is 14.2 Å². The van der Waals surface area contributed by atoms with Crippen LogP contribution < -0.4 is 4.74 Å². The van der Waals surface area contributed by atoms with Crippen molar-refractivity contribution in [3.63, 3.8) is 0 Å². The molecule has 0 unspecified atom stereocenters. The summed E-state index contributed by atoms with van der Waals surface area (Å²) >= 11 is 0. The van der Waals surface area contributed by atoms with E-state index in [0.717, 1.165) is 18.4 Å². The van der Waals surface area contributed by atoms with Gasteiger partial charge in [0.25, 0.3) is 0 Å². The number of benzene rings is 1. The van der Waals surface area contributed by atoms with E-state index < -0.39 is 5.82 Å². The van der Waals surface area contributed by atoms with Crippen LogP contribution in [0.2, 0.25) is 0 Å². The summed E-state index contributed by atoms with van der Waals surface area (Å²) in [4.78, 5) is 0. The van der Waals surface area contributed by atoms with E-state index in [1.165, 1.54) is 6.07 Å². The molecule has 0 saturated heterocycles. The van der Waals surface area contributed by atoms with E-state index in [-0.39, 0.29) is 5.75 Å². The van der Waals surface area contributed by atoms with Crippen molar-refractivity contribution in [3.05, 3.63) is 23.5 Å². The third-order valence-corrected chi connectivity index (χ3v) is 2.00. The van der Waals surface area contributed by atoms with Crippen LogP contribution in [0.4, 0.5) is 4.39 Å². The number of fused-ring (bicyclic) bond motifs is 1. The molecule has 0 fully saturated rings. The number of aromatic hydroxyl groups is 1. The van der Waals surface area contributed by atoms with E-state index in [9.17, 15) is 9.50 Å². The van der Waals surface area contributed by atoms with E-state index in [4.69, 9.17) is 4.74 Å². The Kier molecular flexibility index (Phi) is 1.64. The minimum absolute atomic E-state index is 0.321. The van der Waals surface area contributed by atoms with E-state index in [1.807, 2.05) is 0 Å². The van der Waals surface area contributed by atoms with Crippen LogP contribution in [0.25, 0.3) is 0 Å². The Morgan fingerprint density at radius 2 is 2.25 bits per heavy atom. The fourth-order valence-corrected chi connectivity index (χ4v) is 1.38. The Morgan fingerprint density at radius 3 is 3.08 bits per heavy atom. The summed E-state index contributed by atoms with van der Waals surface area (Å²) in [6.45, 7) is 0.560. The molecule has 2 rings (SSSR count). The average Bonchev–Trinajstić information content (AvgIpc) is 2.12. The Bertz CT molecular complexity index is 310. The van der Waals surface area contributed by atoms with E-state index in [2.05, 4.69) is 0 Å². The van der Waals surface area contributed by atoms with Crippen LogP contribution in [0, 0.1) is 5.82 Å². The highest BCUT2D eigenvalue weighted by atomic mass is 19.1. The normalized spacial score (nSPS) is 15.1. The predicted molar refractivity (Wildman–Crippen MR) is 41.9 cm³/mol. The van der Waals surface area contributed by atoms with Gasteiger partial charge in [-0.05, 0) is 24.5 Å². The molecule has 0 aromatic heterocycles. The standard InChI is InChI=1S/C9H9FO2/c10-7-4-3-6-2-1-5-12-9(6)8(7)11/h3-4,11H,1-2,5H2. The average molecular weight is 168 g/mol. The van der Waals surface area contributed by atoms with Gasteiger partial charge in [0.2, 0.25) is 0 Å². The largest absolute Gasteiger partial charge is 0.502 e. The van der Waals surface area contributed by atoms with Gasteiger partial charge in [0.15, 0.2) is 17.3 Å². The number of hydrogen-bond acceptors (Lipinski definition) is 2. The Morgan fingerprint density at radius 1 is 1.42 bits per heavy atom. The molecule has 1 aromatic carbocycles. The summed E-state index contributed by atoms with van der Waals surface area (Å²) in [6.07, 6.45) is 1.78. The topological polar surface area (TPSA) is 29.5 Å². The number of phenols is 1. The molecule has 1 aliphatic heterocycles. The Labute approximate surface area is 69.6 Å². The van der Waals surface area contributed by atoms with E-state index in [1.54, 1.807) is 6.07 Å². The Balaban J connectivity index is 2.54. The second kappa shape index (κ2) is 2.66. The van der Waals surface area contributed by atoms with Crippen molar-refractivity contribution in [3.8, 4) is 11.5 Å². The summed E-state index contributed by atoms with van der Waals surface area (Å²) in [5.41, 5.74) is 0.889. The van der Waals surface area contributed by atoms with Crippen LogP contribution in [0.3, 0.4) is 0 Å². The molecule has 3 heteroatoms. The molecule has 0 atom stereocenters. The summed E-state index contributed by atoms with van der Waals surface area (Å²) in [5, 5.41) is 9.24. The molecule has 1 aromatic rings. The lowest BCUT2D eigenvalue weighted by molar-refractivity contribution is 0.267. The maximum absolute atomic E-state index is 12.8. The first-order valence-corrected chi connectivity index (χ1v) is 3.92. The van der Waals surface area contributed by atoms with Crippen LogP contribution in [-0.4, -0.2) is 11.7 Å². The molecule has 0 spiro atoms. The van der Waals surface area contributed by atoms with Crippen molar-refractivity contribution in [2.24, 2.45) is 0 Å². The first kappa shape index (κ1) is 7.40. The highest BCUT2D eigenvalue weighted by Crippen LogP contribution is 2.35. The molecule has 0 aliphatic carbocycles.